The lowest BCUT2D eigenvalue weighted by molar-refractivity contribution is -0.0198. The fourth-order valence-electron chi connectivity index (χ4n) is 5.07. The van der Waals surface area contributed by atoms with E-state index in [1.165, 1.54) is 0 Å². The summed E-state index contributed by atoms with van der Waals surface area (Å²) in [5.41, 5.74) is 3.87. The molecule has 0 unspecified atom stereocenters. The third-order valence-corrected chi connectivity index (χ3v) is 7.33. The van der Waals surface area contributed by atoms with E-state index in [2.05, 4.69) is 21.1 Å². The van der Waals surface area contributed by atoms with Crippen LogP contribution in [0.4, 0.5) is 0 Å². The quantitative estimate of drug-likeness (QED) is 0.333. The van der Waals surface area contributed by atoms with Gasteiger partial charge < -0.3 is 9.57 Å². The number of methoxy groups -OCH3 is 1. The van der Waals surface area contributed by atoms with Gasteiger partial charge in [-0.3, -0.25) is 9.78 Å². The predicted octanol–water partition coefficient (Wildman–Crippen LogP) is 6.09. The van der Waals surface area contributed by atoms with Crippen LogP contribution in [0.25, 0.3) is 10.9 Å². The largest absolute Gasteiger partial charge is 0.497 e. The van der Waals surface area contributed by atoms with E-state index < -0.39 is 5.60 Å². The first-order valence-electron chi connectivity index (χ1n) is 11.2. The number of pyridine rings is 1. The van der Waals surface area contributed by atoms with Crippen molar-refractivity contribution in [2.45, 2.75) is 24.4 Å². The topological polar surface area (TPSA) is 60.8 Å². The molecule has 168 valence electrons. The van der Waals surface area contributed by atoms with Crippen LogP contribution in [-0.2, 0) is 11.3 Å². The summed E-state index contributed by atoms with van der Waals surface area (Å²) in [5, 5.41) is 5.47. The molecule has 1 aliphatic heterocycles. The lowest BCUT2D eigenvalue weighted by Crippen LogP contribution is -2.48. The number of carbonyl (C=O) groups excluding carboxylic acids is 1. The van der Waals surface area contributed by atoms with Gasteiger partial charge in [-0.1, -0.05) is 51.4 Å². The first kappa shape index (κ1) is 21.1. The Balaban J connectivity index is 1.49. The van der Waals surface area contributed by atoms with Gasteiger partial charge in [0.05, 0.1) is 30.0 Å². The second-order valence-corrected chi connectivity index (χ2v) is 9.59. The summed E-state index contributed by atoms with van der Waals surface area (Å²) < 4.78 is 6.30. The molecule has 4 aromatic rings. The maximum Gasteiger partial charge on any atom is 0.212 e. The molecule has 0 radical (unpaired) electrons. The number of Topliss-reactive ketones (excluding diaryl/α,β-unsaturated/α-hetero) is 1. The van der Waals surface area contributed by atoms with Crippen molar-refractivity contribution < 1.29 is 14.4 Å². The molecule has 2 atom stereocenters. The summed E-state index contributed by atoms with van der Waals surface area (Å²) in [6.07, 6.45) is 1.15. The number of carbonyl (C=O) groups is 1. The van der Waals surface area contributed by atoms with E-state index in [9.17, 15) is 4.79 Å². The Kier molecular flexibility index (Phi) is 4.99. The molecule has 34 heavy (non-hydrogen) atoms. The molecule has 0 N–H and O–H groups in total. The number of aryl methyl sites for hydroxylation is 1. The van der Waals surface area contributed by atoms with Crippen LogP contribution >= 0.6 is 15.9 Å². The number of halogens is 1. The van der Waals surface area contributed by atoms with E-state index in [0.717, 1.165) is 43.7 Å². The molecule has 2 heterocycles. The van der Waals surface area contributed by atoms with Crippen LogP contribution in [0.2, 0.25) is 0 Å². The number of ether oxygens (including phenoxy) is 1. The van der Waals surface area contributed by atoms with E-state index in [1.54, 1.807) is 7.11 Å². The van der Waals surface area contributed by atoms with Crippen LogP contribution in [0.1, 0.15) is 39.5 Å². The predicted molar refractivity (Wildman–Crippen MR) is 135 cm³/mol. The van der Waals surface area contributed by atoms with Crippen LogP contribution in [0.5, 0.6) is 5.75 Å². The van der Waals surface area contributed by atoms with Gasteiger partial charge in [0.25, 0.3) is 0 Å². The highest BCUT2D eigenvalue weighted by Gasteiger charge is 2.57. The highest BCUT2D eigenvalue weighted by Crippen LogP contribution is 2.48. The van der Waals surface area contributed by atoms with Gasteiger partial charge in [-0.15, -0.1) is 0 Å². The number of hydrogen-bond donors (Lipinski definition) is 0. The summed E-state index contributed by atoms with van der Waals surface area (Å²) in [6.45, 7) is 0. The van der Waals surface area contributed by atoms with E-state index in [-0.39, 0.29) is 11.7 Å². The molecule has 0 bridgehead atoms. The summed E-state index contributed by atoms with van der Waals surface area (Å²) >= 11 is 3.52. The molecule has 1 aromatic heterocycles. The Morgan fingerprint density at radius 1 is 1.03 bits per heavy atom. The fourth-order valence-corrected chi connectivity index (χ4v) is 5.34. The second kappa shape index (κ2) is 8.06. The van der Waals surface area contributed by atoms with Crippen molar-refractivity contribution in [3.63, 3.8) is 0 Å². The SMILES string of the molecule is COc1ccc(C2=NO[C@]3(CCc4nc5ccccc5cc4C3=O)[C@@H]2c2ccc(Br)cc2)cc1. The minimum absolute atomic E-state index is 0.0628. The van der Waals surface area contributed by atoms with Gasteiger partial charge in [0.2, 0.25) is 11.4 Å². The van der Waals surface area contributed by atoms with Crippen molar-refractivity contribution in [3.8, 4) is 5.75 Å². The number of oxime groups is 1. The molecule has 3 aromatic carbocycles. The number of fused-ring (bicyclic) bond motifs is 2. The summed E-state index contributed by atoms with van der Waals surface area (Å²) in [6, 6.07) is 25.6. The number of rotatable bonds is 3. The van der Waals surface area contributed by atoms with Crippen LogP contribution in [-0.4, -0.2) is 29.2 Å². The average Bonchev–Trinajstić information content (AvgIpc) is 3.26. The maximum absolute atomic E-state index is 14.1. The van der Waals surface area contributed by atoms with Crippen molar-refractivity contribution in [1.82, 2.24) is 4.98 Å². The number of nitrogens with zero attached hydrogens (tertiary/aromatic N) is 2. The highest BCUT2D eigenvalue weighted by atomic mass is 79.9. The zero-order chi connectivity index (χ0) is 23.3. The van der Waals surface area contributed by atoms with E-state index in [1.807, 2.05) is 78.9 Å². The van der Waals surface area contributed by atoms with Gasteiger partial charge in [-0.05, 0) is 60.5 Å². The van der Waals surface area contributed by atoms with Crippen LogP contribution < -0.4 is 4.74 Å². The van der Waals surface area contributed by atoms with Crippen LogP contribution in [0, 0.1) is 0 Å². The van der Waals surface area contributed by atoms with Crippen LogP contribution in [0.15, 0.2) is 88.5 Å². The Morgan fingerprint density at radius 2 is 1.79 bits per heavy atom. The minimum Gasteiger partial charge on any atom is -0.497 e. The molecule has 0 saturated carbocycles. The lowest BCUT2D eigenvalue weighted by atomic mass is 9.68. The standard InChI is InChI=1S/C28H21BrN2O3/c1-33-21-12-8-18(9-13-21)26-25(17-6-10-20(29)11-7-17)28(34-31-26)15-14-24-22(27(28)32)16-19-4-2-3-5-23(19)30-24/h2-13,16,25H,14-15H2,1H3/t25-,28-/m1/s1. The Bertz CT molecular complexity index is 1450. The van der Waals surface area contributed by atoms with Gasteiger partial charge in [0.1, 0.15) is 5.75 Å². The van der Waals surface area contributed by atoms with E-state index >= 15 is 0 Å². The zero-order valence-electron chi connectivity index (χ0n) is 18.5. The smallest absolute Gasteiger partial charge is 0.212 e. The fraction of sp³-hybridized carbons (Fsp3) is 0.179. The summed E-state index contributed by atoms with van der Waals surface area (Å²) in [7, 11) is 1.64. The van der Waals surface area contributed by atoms with Crippen molar-refractivity contribution in [1.29, 1.82) is 0 Å². The molecule has 0 amide bonds. The molecule has 6 heteroatoms. The first-order valence-corrected chi connectivity index (χ1v) is 12.0. The van der Waals surface area contributed by atoms with E-state index in [4.69, 9.17) is 14.6 Å². The molecular weight excluding hydrogens is 492 g/mol. The van der Waals surface area contributed by atoms with Gasteiger partial charge in [0.15, 0.2) is 0 Å². The average molecular weight is 513 g/mol. The van der Waals surface area contributed by atoms with Crippen molar-refractivity contribution >= 4 is 38.3 Å². The highest BCUT2D eigenvalue weighted by molar-refractivity contribution is 9.10. The second-order valence-electron chi connectivity index (χ2n) is 8.67. The van der Waals surface area contributed by atoms with Crippen LogP contribution in [0.3, 0.4) is 0 Å². The number of aromatic nitrogens is 1. The van der Waals surface area contributed by atoms with Gasteiger partial charge in [-0.2, -0.15) is 0 Å². The van der Waals surface area contributed by atoms with Crippen molar-refractivity contribution in [2.75, 3.05) is 7.11 Å². The number of hydrogen-bond acceptors (Lipinski definition) is 5. The third-order valence-electron chi connectivity index (χ3n) is 6.80. The molecular formula is C28H21BrN2O3. The van der Waals surface area contributed by atoms with E-state index in [0.29, 0.717) is 18.4 Å². The normalized spacial score (nSPS) is 21.3. The number of benzene rings is 3. The molecule has 1 aliphatic carbocycles. The molecule has 0 fully saturated rings. The maximum atomic E-state index is 14.1. The van der Waals surface area contributed by atoms with Gasteiger partial charge in [-0.25, -0.2) is 0 Å². The Hall–Kier alpha value is -3.51. The molecule has 6 rings (SSSR count). The summed E-state index contributed by atoms with van der Waals surface area (Å²) in [4.78, 5) is 25.1. The molecule has 2 aliphatic rings. The summed E-state index contributed by atoms with van der Waals surface area (Å²) in [5.74, 6) is 0.354. The number of para-hydroxylation sites is 1. The zero-order valence-corrected chi connectivity index (χ0v) is 20.1. The minimum atomic E-state index is -1.11. The van der Waals surface area contributed by atoms with Gasteiger partial charge >= 0.3 is 0 Å². The van der Waals surface area contributed by atoms with Crippen molar-refractivity contribution in [2.24, 2.45) is 5.16 Å². The molecule has 0 saturated heterocycles. The monoisotopic (exact) mass is 512 g/mol. The lowest BCUT2D eigenvalue weighted by Gasteiger charge is -2.35. The first-order chi connectivity index (χ1) is 16.6. The molecule has 1 spiro atoms. The third kappa shape index (κ3) is 3.24. The Labute approximate surface area is 205 Å². The Morgan fingerprint density at radius 3 is 2.56 bits per heavy atom. The number of ketones is 1. The molecule has 5 nitrogen and oxygen atoms in total. The van der Waals surface area contributed by atoms with Crippen molar-refractivity contribution in [3.05, 3.63) is 106 Å². The van der Waals surface area contributed by atoms with Gasteiger partial charge in [0, 0.05) is 27.4 Å².